The molecular formula is C40H71NO6. The maximum absolute atomic E-state index is 12.4. The van der Waals surface area contributed by atoms with Crippen molar-refractivity contribution >= 4 is 11.7 Å². The lowest BCUT2D eigenvalue weighted by Gasteiger charge is -2.19. The first-order valence-corrected chi connectivity index (χ1v) is 19.3. The van der Waals surface area contributed by atoms with Gasteiger partial charge in [-0.25, -0.2) is 0 Å². The molecule has 1 fully saturated rings. The standard InChI is InChI=1S/C40H71NO6/c1-3-5-7-8-9-10-11-12-13-14-15-16-17-18-23-27-37(44)36(32-42)41-40(47)28-24-20-19-22-26-34-35(39(46)31-38(34)45)30-29-33(43)25-21-6-4-2/h19,22-23,27,29-30,33-38,42-45H,3-18,20-21,24-26,28,31-32H2,1-2H3,(H,41,47)/b22-19-,27-23+,30-29+/t33-,34+,35+,36-,37+,38-/m0/s1. The van der Waals surface area contributed by atoms with Crippen LogP contribution in [0.25, 0.3) is 0 Å². The fourth-order valence-electron chi connectivity index (χ4n) is 6.39. The van der Waals surface area contributed by atoms with Crippen molar-refractivity contribution in [3.8, 4) is 0 Å². The van der Waals surface area contributed by atoms with Gasteiger partial charge < -0.3 is 25.7 Å². The van der Waals surface area contributed by atoms with Gasteiger partial charge in [0.2, 0.25) is 5.91 Å². The van der Waals surface area contributed by atoms with E-state index in [9.17, 15) is 30.0 Å². The third-order valence-corrected chi connectivity index (χ3v) is 9.49. The van der Waals surface area contributed by atoms with Gasteiger partial charge >= 0.3 is 0 Å². The molecule has 6 atom stereocenters. The molecule has 0 aromatic carbocycles. The number of amides is 1. The van der Waals surface area contributed by atoms with Gasteiger partial charge in [0.25, 0.3) is 0 Å². The Balaban J connectivity index is 2.20. The zero-order valence-electron chi connectivity index (χ0n) is 30.0. The molecule has 0 radical (unpaired) electrons. The predicted octanol–water partition coefficient (Wildman–Crippen LogP) is 8.04. The molecule has 0 aromatic heterocycles. The number of carbonyl (C=O) groups excluding carboxylic acids is 2. The van der Waals surface area contributed by atoms with E-state index in [0.717, 1.165) is 32.1 Å². The summed E-state index contributed by atoms with van der Waals surface area (Å²) in [6.45, 7) is 4.05. The number of aliphatic hydroxyl groups is 4. The third kappa shape index (κ3) is 21.7. The number of nitrogens with one attached hydrogen (secondary N) is 1. The van der Waals surface area contributed by atoms with Crippen molar-refractivity contribution in [2.75, 3.05) is 6.61 Å². The van der Waals surface area contributed by atoms with Gasteiger partial charge in [-0.3, -0.25) is 9.59 Å². The fraction of sp³-hybridized carbons (Fsp3) is 0.800. The monoisotopic (exact) mass is 662 g/mol. The van der Waals surface area contributed by atoms with E-state index in [1.807, 2.05) is 18.2 Å². The highest BCUT2D eigenvalue weighted by molar-refractivity contribution is 5.86. The number of Topliss-reactive ketones (excluding diaryl/α,β-unsaturated/α-hetero) is 1. The van der Waals surface area contributed by atoms with Gasteiger partial charge in [-0.2, -0.15) is 0 Å². The number of rotatable bonds is 30. The van der Waals surface area contributed by atoms with Crippen LogP contribution in [-0.2, 0) is 9.59 Å². The molecule has 0 heterocycles. The molecule has 0 bridgehead atoms. The minimum absolute atomic E-state index is 0.0136. The maximum Gasteiger partial charge on any atom is 0.220 e. The molecule has 0 aromatic rings. The summed E-state index contributed by atoms with van der Waals surface area (Å²) in [7, 11) is 0. The molecule has 1 rings (SSSR count). The summed E-state index contributed by atoms with van der Waals surface area (Å²) in [5.41, 5.74) is 0. The summed E-state index contributed by atoms with van der Waals surface area (Å²) in [5, 5.41) is 43.5. The Bertz CT molecular complexity index is 871. The maximum atomic E-state index is 12.4. The van der Waals surface area contributed by atoms with Crippen LogP contribution in [0.5, 0.6) is 0 Å². The lowest BCUT2D eigenvalue weighted by atomic mass is 9.90. The summed E-state index contributed by atoms with van der Waals surface area (Å²) in [6.07, 6.45) is 32.9. The van der Waals surface area contributed by atoms with E-state index < -0.39 is 24.4 Å². The van der Waals surface area contributed by atoms with Crippen LogP contribution in [-0.4, -0.2) is 63.1 Å². The lowest BCUT2D eigenvalue weighted by molar-refractivity contribution is -0.123. The van der Waals surface area contributed by atoms with Gasteiger partial charge in [0.1, 0.15) is 5.78 Å². The normalized spacial score (nSPS) is 20.6. The Morgan fingerprint density at radius 3 is 1.98 bits per heavy atom. The first-order valence-electron chi connectivity index (χ1n) is 19.3. The van der Waals surface area contributed by atoms with Crippen molar-refractivity contribution in [1.82, 2.24) is 5.32 Å². The van der Waals surface area contributed by atoms with Crippen LogP contribution in [0.4, 0.5) is 0 Å². The second-order valence-electron chi connectivity index (χ2n) is 13.8. The summed E-state index contributed by atoms with van der Waals surface area (Å²) in [5.74, 6) is -0.780. The highest BCUT2D eigenvalue weighted by Crippen LogP contribution is 2.33. The van der Waals surface area contributed by atoms with Crippen molar-refractivity contribution in [1.29, 1.82) is 0 Å². The van der Waals surface area contributed by atoms with E-state index >= 15 is 0 Å². The van der Waals surface area contributed by atoms with E-state index in [-0.39, 0.29) is 43.0 Å². The largest absolute Gasteiger partial charge is 0.394 e. The van der Waals surface area contributed by atoms with Gasteiger partial charge in [-0.1, -0.05) is 147 Å². The van der Waals surface area contributed by atoms with Crippen LogP contribution in [0, 0.1) is 11.8 Å². The average Bonchev–Trinajstić information content (AvgIpc) is 3.33. The van der Waals surface area contributed by atoms with Crippen molar-refractivity contribution in [2.45, 2.75) is 186 Å². The van der Waals surface area contributed by atoms with Crippen LogP contribution in [0.15, 0.2) is 36.5 Å². The number of hydrogen-bond acceptors (Lipinski definition) is 6. The minimum atomic E-state index is -0.925. The molecule has 47 heavy (non-hydrogen) atoms. The summed E-state index contributed by atoms with van der Waals surface area (Å²) >= 11 is 0. The fourth-order valence-corrected chi connectivity index (χ4v) is 6.39. The highest BCUT2D eigenvalue weighted by Gasteiger charge is 2.39. The van der Waals surface area contributed by atoms with E-state index in [1.165, 1.54) is 77.0 Å². The summed E-state index contributed by atoms with van der Waals surface area (Å²) in [4.78, 5) is 24.8. The van der Waals surface area contributed by atoms with Gasteiger partial charge in [0, 0.05) is 24.7 Å². The molecule has 0 unspecified atom stereocenters. The van der Waals surface area contributed by atoms with Crippen molar-refractivity contribution < 1.29 is 30.0 Å². The SMILES string of the molecule is CCCCCCCCCCCCCCC/C=C/[C@@H](O)[C@H](CO)NC(=O)CCC/C=C\C[C@H]1[C@@H](O)CC(=O)[C@@H]1/C=C/[C@@H](O)CCCCC. The number of aliphatic hydroxyl groups excluding tert-OH is 4. The van der Waals surface area contributed by atoms with Gasteiger partial charge in [0.05, 0.1) is 31.0 Å². The molecule has 0 spiro atoms. The molecule has 1 amide bonds. The van der Waals surface area contributed by atoms with Gasteiger partial charge in [0.15, 0.2) is 0 Å². The second-order valence-corrected chi connectivity index (χ2v) is 13.8. The highest BCUT2D eigenvalue weighted by atomic mass is 16.3. The number of carbonyl (C=O) groups is 2. The van der Waals surface area contributed by atoms with Crippen molar-refractivity contribution in [2.24, 2.45) is 11.8 Å². The molecule has 7 nitrogen and oxygen atoms in total. The first kappa shape index (κ1) is 43.2. The second kappa shape index (κ2) is 29.1. The van der Waals surface area contributed by atoms with Gasteiger partial charge in [-0.15, -0.1) is 0 Å². The molecule has 7 heteroatoms. The number of allylic oxidation sites excluding steroid dienone is 4. The Hall–Kier alpha value is -1.80. The topological polar surface area (TPSA) is 127 Å². The Kier molecular flexibility index (Phi) is 26.8. The Morgan fingerprint density at radius 1 is 0.787 bits per heavy atom. The number of unbranched alkanes of at least 4 members (excludes halogenated alkanes) is 16. The third-order valence-electron chi connectivity index (χ3n) is 9.49. The van der Waals surface area contributed by atoms with Crippen LogP contribution < -0.4 is 5.32 Å². The molecule has 0 aliphatic heterocycles. The van der Waals surface area contributed by atoms with E-state index in [1.54, 1.807) is 18.2 Å². The zero-order chi connectivity index (χ0) is 34.5. The lowest BCUT2D eigenvalue weighted by Crippen LogP contribution is -2.45. The summed E-state index contributed by atoms with van der Waals surface area (Å²) in [6, 6.07) is -0.725. The average molecular weight is 662 g/mol. The number of ketones is 1. The van der Waals surface area contributed by atoms with Crippen LogP contribution >= 0.6 is 0 Å². The minimum Gasteiger partial charge on any atom is -0.394 e. The van der Waals surface area contributed by atoms with E-state index in [4.69, 9.17) is 0 Å². The van der Waals surface area contributed by atoms with Gasteiger partial charge in [-0.05, 0) is 38.5 Å². The Morgan fingerprint density at radius 2 is 1.36 bits per heavy atom. The Labute approximate surface area is 287 Å². The predicted molar refractivity (Wildman–Crippen MR) is 194 cm³/mol. The van der Waals surface area contributed by atoms with E-state index in [2.05, 4.69) is 19.2 Å². The molecular weight excluding hydrogens is 590 g/mol. The van der Waals surface area contributed by atoms with Crippen molar-refractivity contribution in [3.63, 3.8) is 0 Å². The summed E-state index contributed by atoms with van der Waals surface area (Å²) < 4.78 is 0. The van der Waals surface area contributed by atoms with Crippen LogP contribution in [0.1, 0.15) is 162 Å². The molecule has 0 saturated heterocycles. The van der Waals surface area contributed by atoms with E-state index in [0.29, 0.717) is 25.7 Å². The molecule has 1 aliphatic rings. The molecule has 272 valence electrons. The quantitative estimate of drug-likeness (QED) is 0.0392. The molecule has 1 saturated carbocycles. The molecule has 5 N–H and O–H groups in total. The van der Waals surface area contributed by atoms with Crippen LogP contribution in [0.3, 0.4) is 0 Å². The number of hydrogen-bond donors (Lipinski definition) is 5. The zero-order valence-corrected chi connectivity index (χ0v) is 30.0. The smallest absolute Gasteiger partial charge is 0.220 e. The molecule has 1 aliphatic carbocycles. The van der Waals surface area contributed by atoms with Crippen molar-refractivity contribution in [3.05, 3.63) is 36.5 Å². The first-order chi connectivity index (χ1) is 22.8. The van der Waals surface area contributed by atoms with Crippen LogP contribution in [0.2, 0.25) is 0 Å².